The number of halogens is 2. The average molecular weight is 326 g/mol. The summed E-state index contributed by atoms with van der Waals surface area (Å²) < 4.78 is 1.78. The van der Waals surface area contributed by atoms with Gasteiger partial charge in [0.05, 0.1) is 16.2 Å². The Bertz CT molecular complexity index is 625. The lowest BCUT2D eigenvalue weighted by Gasteiger charge is -2.09. The Morgan fingerprint density at radius 2 is 2.14 bits per heavy atom. The molecular weight excluding hydrogens is 309 g/mol. The van der Waals surface area contributed by atoms with Gasteiger partial charge in [-0.05, 0) is 24.5 Å². The molecule has 0 unspecified atom stereocenters. The lowest BCUT2D eigenvalue weighted by molar-refractivity contribution is -0.116. The van der Waals surface area contributed by atoms with E-state index in [2.05, 4.69) is 17.3 Å². The molecule has 0 aliphatic carbocycles. The van der Waals surface area contributed by atoms with E-state index in [1.165, 1.54) is 0 Å². The van der Waals surface area contributed by atoms with E-state index >= 15 is 0 Å². The minimum absolute atomic E-state index is 0.0658. The minimum atomic E-state index is -0.0658. The average Bonchev–Trinajstić information content (AvgIpc) is 2.88. The molecule has 0 spiro atoms. The lowest BCUT2D eigenvalue weighted by atomic mass is 10.1. The second-order valence-electron chi connectivity index (χ2n) is 4.70. The lowest BCUT2D eigenvalue weighted by Crippen LogP contribution is -2.16. The molecule has 1 heterocycles. The van der Waals surface area contributed by atoms with Crippen molar-refractivity contribution in [3.05, 3.63) is 46.1 Å². The van der Waals surface area contributed by atoms with Crippen molar-refractivity contribution in [2.24, 2.45) is 0 Å². The van der Waals surface area contributed by atoms with Crippen molar-refractivity contribution in [2.45, 2.75) is 32.7 Å². The molecule has 0 saturated carbocycles. The third-order valence-corrected chi connectivity index (χ3v) is 3.93. The SMILES string of the molecule is CCCn1nccc1NC(=O)CCc1cccc(Cl)c1Cl. The Labute approximate surface area is 134 Å². The van der Waals surface area contributed by atoms with Crippen molar-refractivity contribution in [1.82, 2.24) is 9.78 Å². The Balaban J connectivity index is 1.93. The first-order chi connectivity index (χ1) is 10.1. The van der Waals surface area contributed by atoms with Gasteiger partial charge in [0, 0.05) is 19.0 Å². The molecule has 0 aliphatic rings. The van der Waals surface area contributed by atoms with Crippen molar-refractivity contribution in [3.8, 4) is 0 Å². The zero-order valence-electron chi connectivity index (χ0n) is 11.8. The van der Waals surface area contributed by atoms with Gasteiger partial charge in [0.1, 0.15) is 5.82 Å². The van der Waals surface area contributed by atoms with Crippen LogP contribution in [0.1, 0.15) is 25.3 Å². The highest BCUT2D eigenvalue weighted by atomic mass is 35.5. The molecule has 4 nitrogen and oxygen atoms in total. The number of carbonyl (C=O) groups excluding carboxylic acids is 1. The van der Waals surface area contributed by atoms with Crippen molar-refractivity contribution < 1.29 is 4.79 Å². The maximum atomic E-state index is 12.0. The summed E-state index contributed by atoms with van der Waals surface area (Å²) in [6.45, 7) is 2.84. The molecule has 0 saturated heterocycles. The fraction of sp³-hybridized carbons (Fsp3) is 0.333. The molecule has 0 radical (unpaired) electrons. The molecule has 2 aromatic rings. The van der Waals surface area contributed by atoms with Gasteiger partial charge in [-0.3, -0.25) is 4.79 Å². The maximum Gasteiger partial charge on any atom is 0.225 e. The van der Waals surface area contributed by atoms with Crippen molar-refractivity contribution in [1.29, 1.82) is 0 Å². The Hall–Kier alpha value is -1.52. The van der Waals surface area contributed by atoms with E-state index in [1.807, 2.05) is 12.1 Å². The van der Waals surface area contributed by atoms with Crippen LogP contribution >= 0.6 is 23.2 Å². The van der Waals surface area contributed by atoms with E-state index in [0.29, 0.717) is 22.9 Å². The molecule has 112 valence electrons. The second-order valence-corrected chi connectivity index (χ2v) is 5.49. The number of nitrogens with zero attached hydrogens (tertiary/aromatic N) is 2. The molecule has 0 bridgehead atoms. The molecule has 21 heavy (non-hydrogen) atoms. The van der Waals surface area contributed by atoms with Crippen LogP contribution in [0.2, 0.25) is 10.0 Å². The number of nitrogens with one attached hydrogen (secondary N) is 1. The zero-order chi connectivity index (χ0) is 15.2. The summed E-state index contributed by atoms with van der Waals surface area (Å²) in [7, 11) is 0. The first-order valence-corrected chi connectivity index (χ1v) is 7.62. The van der Waals surface area contributed by atoms with Crippen molar-refractivity contribution in [3.63, 3.8) is 0 Å². The summed E-state index contributed by atoms with van der Waals surface area (Å²) in [5.74, 6) is 0.655. The Morgan fingerprint density at radius 3 is 2.90 bits per heavy atom. The van der Waals surface area contributed by atoms with E-state index < -0.39 is 0 Å². The van der Waals surface area contributed by atoms with Crippen LogP contribution in [-0.2, 0) is 17.8 Å². The highest BCUT2D eigenvalue weighted by molar-refractivity contribution is 6.42. The molecule has 0 aliphatic heterocycles. The number of aryl methyl sites for hydroxylation is 2. The standard InChI is InChI=1S/C15H17Cl2N3O/c1-2-10-20-13(8-9-18-20)19-14(21)7-6-11-4-3-5-12(16)15(11)17/h3-5,8-9H,2,6-7,10H2,1H3,(H,19,21). The maximum absolute atomic E-state index is 12.0. The topological polar surface area (TPSA) is 46.9 Å². The molecule has 1 aromatic carbocycles. The Kier molecular flexibility index (Phi) is 5.65. The molecule has 1 amide bonds. The number of aromatic nitrogens is 2. The minimum Gasteiger partial charge on any atom is -0.311 e. The van der Waals surface area contributed by atoms with Crippen LogP contribution in [-0.4, -0.2) is 15.7 Å². The molecule has 1 N–H and O–H groups in total. The molecule has 6 heteroatoms. The smallest absolute Gasteiger partial charge is 0.225 e. The normalized spacial score (nSPS) is 10.6. The molecule has 2 rings (SSSR count). The fourth-order valence-electron chi connectivity index (χ4n) is 2.02. The van der Waals surface area contributed by atoms with Crippen LogP contribution in [0.5, 0.6) is 0 Å². The predicted octanol–water partition coefficient (Wildman–Crippen LogP) is 4.17. The first kappa shape index (κ1) is 15.9. The van der Waals surface area contributed by atoms with E-state index in [1.54, 1.807) is 23.0 Å². The molecule has 1 aromatic heterocycles. The van der Waals surface area contributed by atoms with Gasteiger partial charge in [0.15, 0.2) is 0 Å². The van der Waals surface area contributed by atoms with Crippen LogP contribution in [0.4, 0.5) is 5.82 Å². The zero-order valence-corrected chi connectivity index (χ0v) is 13.3. The monoisotopic (exact) mass is 325 g/mol. The highest BCUT2D eigenvalue weighted by Gasteiger charge is 2.09. The van der Waals surface area contributed by atoms with Crippen LogP contribution in [0.3, 0.4) is 0 Å². The quantitative estimate of drug-likeness (QED) is 0.866. The van der Waals surface area contributed by atoms with Gasteiger partial charge < -0.3 is 5.32 Å². The summed E-state index contributed by atoms with van der Waals surface area (Å²) in [5, 5.41) is 8.06. The van der Waals surface area contributed by atoms with E-state index in [9.17, 15) is 4.79 Å². The summed E-state index contributed by atoms with van der Waals surface area (Å²) in [5.41, 5.74) is 0.876. The van der Waals surface area contributed by atoms with Gasteiger partial charge in [-0.1, -0.05) is 42.3 Å². The molecule has 0 atom stereocenters. The molecular formula is C15H17Cl2N3O. The number of benzene rings is 1. The third-order valence-electron chi connectivity index (χ3n) is 3.07. The molecule has 0 fully saturated rings. The van der Waals surface area contributed by atoms with Gasteiger partial charge in [0.25, 0.3) is 0 Å². The van der Waals surface area contributed by atoms with E-state index in [4.69, 9.17) is 23.2 Å². The summed E-state index contributed by atoms with van der Waals surface area (Å²) >= 11 is 12.1. The first-order valence-electron chi connectivity index (χ1n) is 6.86. The summed E-state index contributed by atoms with van der Waals surface area (Å²) in [4.78, 5) is 12.0. The van der Waals surface area contributed by atoms with Gasteiger partial charge in [-0.15, -0.1) is 0 Å². The number of rotatable bonds is 6. The number of carbonyl (C=O) groups is 1. The van der Waals surface area contributed by atoms with Crippen LogP contribution < -0.4 is 5.32 Å². The van der Waals surface area contributed by atoms with Gasteiger partial charge >= 0.3 is 0 Å². The van der Waals surface area contributed by atoms with Crippen molar-refractivity contribution >= 4 is 34.9 Å². The number of hydrogen-bond acceptors (Lipinski definition) is 2. The van der Waals surface area contributed by atoms with Crippen LogP contribution in [0, 0.1) is 0 Å². The fourth-order valence-corrected chi connectivity index (χ4v) is 2.44. The van der Waals surface area contributed by atoms with Crippen LogP contribution in [0.25, 0.3) is 0 Å². The van der Waals surface area contributed by atoms with Crippen molar-refractivity contribution in [2.75, 3.05) is 5.32 Å². The third kappa shape index (κ3) is 4.22. The number of hydrogen-bond donors (Lipinski definition) is 1. The van der Waals surface area contributed by atoms with Gasteiger partial charge in [-0.25, -0.2) is 4.68 Å². The van der Waals surface area contributed by atoms with Crippen LogP contribution in [0.15, 0.2) is 30.5 Å². The highest BCUT2D eigenvalue weighted by Crippen LogP contribution is 2.26. The number of amides is 1. The van der Waals surface area contributed by atoms with Gasteiger partial charge in [-0.2, -0.15) is 5.10 Å². The predicted molar refractivity (Wildman–Crippen MR) is 85.9 cm³/mol. The second kappa shape index (κ2) is 7.48. The van der Waals surface area contributed by atoms with E-state index in [-0.39, 0.29) is 5.91 Å². The summed E-state index contributed by atoms with van der Waals surface area (Å²) in [6.07, 6.45) is 3.53. The van der Waals surface area contributed by atoms with E-state index in [0.717, 1.165) is 24.3 Å². The van der Waals surface area contributed by atoms with Gasteiger partial charge in [0.2, 0.25) is 5.91 Å². The number of anilines is 1. The Morgan fingerprint density at radius 1 is 1.33 bits per heavy atom. The summed E-state index contributed by atoms with van der Waals surface area (Å²) in [6, 6.07) is 7.23. The largest absolute Gasteiger partial charge is 0.311 e.